The normalized spacial score (nSPS) is 23.6. The molecule has 1 fully saturated rings. The number of ether oxygens (including phenoxy) is 1. The summed E-state index contributed by atoms with van der Waals surface area (Å²) in [5, 5.41) is 10.7. The molecule has 1 aliphatic carbocycles. The minimum absolute atomic E-state index is 0.167. The average molecular weight is 285 g/mol. The molecule has 4 heteroatoms. The van der Waals surface area contributed by atoms with Gasteiger partial charge in [0, 0.05) is 35.5 Å². The summed E-state index contributed by atoms with van der Waals surface area (Å²) >= 11 is 0. The van der Waals surface area contributed by atoms with Crippen LogP contribution in [-0.4, -0.2) is 29.0 Å². The molecule has 4 nitrogen and oxygen atoms in total. The van der Waals surface area contributed by atoms with Gasteiger partial charge in [0.1, 0.15) is 0 Å². The molecule has 1 saturated carbocycles. The van der Waals surface area contributed by atoms with Crippen molar-refractivity contribution in [2.24, 2.45) is 5.41 Å². The van der Waals surface area contributed by atoms with E-state index in [-0.39, 0.29) is 5.41 Å². The lowest BCUT2D eigenvalue weighted by Crippen LogP contribution is -2.58. The van der Waals surface area contributed by atoms with E-state index in [1.807, 2.05) is 6.07 Å². The maximum absolute atomic E-state index is 5.79. The molecule has 0 aliphatic heterocycles. The Kier molecular flexibility index (Phi) is 3.72. The Morgan fingerprint density at radius 1 is 1.38 bits per heavy atom. The number of nitrogens with one attached hydrogen (secondary N) is 2. The second kappa shape index (κ2) is 5.53. The van der Waals surface area contributed by atoms with Gasteiger partial charge < -0.3 is 10.1 Å². The van der Waals surface area contributed by atoms with Crippen LogP contribution in [0, 0.1) is 5.41 Å². The minimum atomic E-state index is 0.167. The number of hydrogen-bond acceptors (Lipinski definition) is 3. The van der Waals surface area contributed by atoms with Crippen molar-refractivity contribution in [3.8, 4) is 11.3 Å². The van der Waals surface area contributed by atoms with Gasteiger partial charge in [0.15, 0.2) is 0 Å². The monoisotopic (exact) mass is 285 g/mol. The number of aromatic nitrogens is 2. The van der Waals surface area contributed by atoms with Crippen molar-refractivity contribution in [2.75, 3.05) is 11.9 Å². The Labute approximate surface area is 125 Å². The van der Waals surface area contributed by atoms with E-state index < -0.39 is 0 Å². The first-order valence-electron chi connectivity index (χ1n) is 7.59. The van der Waals surface area contributed by atoms with Crippen LogP contribution in [-0.2, 0) is 4.74 Å². The zero-order valence-corrected chi connectivity index (χ0v) is 12.9. The molecule has 0 bridgehead atoms. The van der Waals surface area contributed by atoms with E-state index in [0.717, 1.165) is 30.0 Å². The van der Waals surface area contributed by atoms with Crippen molar-refractivity contribution in [1.29, 1.82) is 0 Å². The third-order valence-electron chi connectivity index (χ3n) is 4.56. The molecule has 1 aromatic carbocycles. The lowest BCUT2D eigenvalue weighted by Gasteiger charge is -2.52. The molecule has 1 heterocycles. The summed E-state index contributed by atoms with van der Waals surface area (Å²) < 4.78 is 5.79. The third-order valence-corrected chi connectivity index (χ3v) is 4.56. The number of rotatable bonds is 5. The summed E-state index contributed by atoms with van der Waals surface area (Å²) in [5.74, 6) is 0. The molecular weight excluding hydrogens is 262 g/mol. The number of nitrogens with zero attached hydrogens (tertiary/aromatic N) is 1. The molecule has 21 heavy (non-hydrogen) atoms. The fourth-order valence-electron chi connectivity index (χ4n) is 3.01. The van der Waals surface area contributed by atoms with Gasteiger partial charge in [0.2, 0.25) is 0 Å². The van der Waals surface area contributed by atoms with E-state index in [1.165, 1.54) is 0 Å². The SMILES string of the molecule is CCOC1CC(Nc2cccc(-c3ccn[nH]3)c2)C1(C)C. The van der Waals surface area contributed by atoms with Gasteiger partial charge in [-0.1, -0.05) is 26.0 Å². The summed E-state index contributed by atoms with van der Waals surface area (Å²) in [4.78, 5) is 0. The Bertz CT molecular complexity index is 592. The molecule has 0 saturated heterocycles. The van der Waals surface area contributed by atoms with Crippen molar-refractivity contribution in [3.63, 3.8) is 0 Å². The van der Waals surface area contributed by atoms with Gasteiger partial charge in [-0.15, -0.1) is 0 Å². The predicted octanol–water partition coefficient (Wildman–Crippen LogP) is 3.69. The maximum atomic E-state index is 5.79. The zero-order chi connectivity index (χ0) is 14.9. The highest BCUT2D eigenvalue weighted by Crippen LogP contribution is 2.44. The van der Waals surface area contributed by atoms with Gasteiger partial charge in [-0.3, -0.25) is 5.10 Å². The number of aromatic amines is 1. The van der Waals surface area contributed by atoms with Crippen molar-refractivity contribution in [3.05, 3.63) is 36.5 Å². The van der Waals surface area contributed by atoms with Crippen molar-refractivity contribution < 1.29 is 4.74 Å². The molecule has 2 aromatic rings. The molecular formula is C17H23N3O. The van der Waals surface area contributed by atoms with Crippen LogP contribution >= 0.6 is 0 Å². The summed E-state index contributed by atoms with van der Waals surface area (Å²) in [7, 11) is 0. The van der Waals surface area contributed by atoms with Crippen LogP contribution in [0.4, 0.5) is 5.69 Å². The van der Waals surface area contributed by atoms with E-state index in [2.05, 4.69) is 60.6 Å². The molecule has 2 unspecified atom stereocenters. The number of H-pyrrole nitrogens is 1. The molecule has 0 spiro atoms. The highest BCUT2D eigenvalue weighted by molar-refractivity contribution is 5.65. The first-order valence-corrected chi connectivity index (χ1v) is 7.59. The van der Waals surface area contributed by atoms with Crippen LogP contribution in [0.15, 0.2) is 36.5 Å². The van der Waals surface area contributed by atoms with Crippen LogP contribution in [0.1, 0.15) is 27.2 Å². The largest absolute Gasteiger partial charge is 0.382 e. The lowest BCUT2D eigenvalue weighted by molar-refractivity contribution is -0.0975. The molecule has 1 aliphatic rings. The van der Waals surface area contributed by atoms with E-state index in [0.29, 0.717) is 12.1 Å². The summed E-state index contributed by atoms with van der Waals surface area (Å²) in [6, 6.07) is 10.9. The Hall–Kier alpha value is -1.81. The highest BCUT2D eigenvalue weighted by Gasteiger charge is 2.48. The predicted molar refractivity (Wildman–Crippen MR) is 85.2 cm³/mol. The topological polar surface area (TPSA) is 49.9 Å². The fourth-order valence-corrected chi connectivity index (χ4v) is 3.01. The van der Waals surface area contributed by atoms with Gasteiger partial charge in [0.05, 0.1) is 11.8 Å². The van der Waals surface area contributed by atoms with Crippen molar-refractivity contribution >= 4 is 5.69 Å². The van der Waals surface area contributed by atoms with Gasteiger partial charge in [0.25, 0.3) is 0 Å². The molecule has 2 N–H and O–H groups in total. The van der Waals surface area contributed by atoms with Gasteiger partial charge in [-0.25, -0.2) is 0 Å². The summed E-state index contributed by atoms with van der Waals surface area (Å²) in [6.07, 6.45) is 3.20. The van der Waals surface area contributed by atoms with Crippen LogP contribution in [0.2, 0.25) is 0 Å². The number of benzene rings is 1. The number of hydrogen-bond donors (Lipinski definition) is 2. The minimum Gasteiger partial charge on any atom is -0.382 e. The Morgan fingerprint density at radius 2 is 2.24 bits per heavy atom. The average Bonchev–Trinajstić information content (AvgIpc) is 3.01. The summed E-state index contributed by atoms with van der Waals surface area (Å²) in [6.45, 7) is 7.39. The quantitative estimate of drug-likeness (QED) is 0.881. The van der Waals surface area contributed by atoms with E-state index in [4.69, 9.17) is 4.74 Å². The Balaban J connectivity index is 1.71. The third kappa shape index (κ3) is 2.68. The summed E-state index contributed by atoms with van der Waals surface area (Å²) in [5.41, 5.74) is 3.50. The Morgan fingerprint density at radius 3 is 2.90 bits per heavy atom. The molecule has 0 amide bonds. The van der Waals surface area contributed by atoms with Crippen molar-refractivity contribution in [2.45, 2.75) is 39.3 Å². The van der Waals surface area contributed by atoms with Gasteiger partial charge in [-0.2, -0.15) is 5.10 Å². The van der Waals surface area contributed by atoms with E-state index in [9.17, 15) is 0 Å². The van der Waals surface area contributed by atoms with Crippen LogP contribution < -0.4 is 5.32 Å². The zero-order valence-electron chi connectivity index (χ0n) is 12.9. The molecule has 0 radical (unpaired) electrons. The number of anilines is 1. The van der Waals surface area contributed by atoms with Crippen LogP contribution in [0.25, 0.3) is 11.3 Å². The van der Waals surface area contributed by atoms with E-state index in [1.54, 1.807) is 6.20 Å². The van der Waals surface area contributed by atoms with E-state index >= 15 is 0 Å². The second-order valence-electron chi connectivity index (χ2n) is 6.25. The molecule has 2 atom stereocenters. The highest BCUT2D eigenvalue weighted by atomic mass is 16.5. The first kappa shape index (κ1) is 14.1. The molecule has 1 aromatic heterocycles. The van der Waals surface area contributed by atoms with Gasteiger partial charge >= 0.3 is 0 Å². The van der Waals surface area contributed by atoms with Crippen LogP contribution in [0.5, 0.6) is 0 Å². The van der Waals surface area contributed by atoms with Gasteiger partial charge in [-0.05, 0) is 31.5 Å². The van der Waals surface area contributed by atoms with Crippen molar-refractivity contribution in [1.82, 2.24) is 10.2 Å². The molecule has 3 rings (SSSR count). The molecule has 112 valence electrons. The standard InChI is InChI=1S/C17H23N3O/c1-4-21-16-11-15(17(16,2)3)19-13-7-5-6-12(10-13)14-8-9-18-20-14/h5-10,15-16,19H,4,11H2,1-3H3,(H,18,20). The van der Waals surface area contributed by atoms with Crippen LogP contribution in [0.3, 0.4) is 0 Å². The first-order chi connectivity index (χ1) is 10.1. The fraction of sp³-hybridized carbons (Fsp3) is 0.471. The second-order valence-corrected chi connectivity index (χ2v) is 6.25. The maximum Gasteiger partial charge on any atom is 0.0665 e. The smallest absolute Gasteiger partial charge is 0.0665 e. The lowest BCUT2D eigenvalue weighted by atomic mass is 9.64.